The summed E-state index contributed by atoms with van der Waals surface area (Å²) < 4.78 is 8.15. The Hall–Kier alpha value is -4.18. The number of nitrogens with zero attached hydrogens (tertiary/aromatic N) is 4. The first-order chi connectivity index (χ1) is 20.3. The predicted molar refractivity (Wildman–Crippen MR) is 167 cm³/mol. The molecule has 0 radical (unpaired) electrons. The highest BCUT2D eigenvalue weighted by atomic mass is 16.5. The van der Waals surface area contributed by atoms with E-state index in [9.17, 15) is 10.1 Å². The van der Waals surface area contributed by atoms with Crippen molar-refractivity contribution in [1.29, 1.82) is 5.26 Å². The number of fused-ring (bicyclic) bond motifs is 1. The first-order valence-electron chi connectivity index (χ1n) is 15.2. The number of hydrogen-bond acceptors (Lipinski definition) is 5. The van der Waals surface area contributed by atoms with Crippen LogP contribution in [0.2, 0.25) is 0 Å². The lowest BCUT2D eigenvalue weighted by Crippen LogP contribution is -2.19. The Kier molecular flexibility index (Phi) is 8.91. The third-order valence-electron chi connectivity index (χ3n) is 8.41. The van der Waals surface area contributed by atoms with Crippen molar-refractivity contribution >= 4 is 22.5 Å². The summed E-state index contributed by atoms with van der Waals surface area (Å²) in [4.78, 5) is 20.7. The molecule has 42 heavy (non-hydrogen) atoms. The summed E-state index contributed by atoms with van der Waals surface area (Å²) in [6.45, 7) is 11.4. The number of nitriles is 1. The minimum absolute atomic E-state index is 0.0140. The Labute approximate surface area is 249 Å². The number of rotatable bonds is 9. The Morgan fingerprint density at radius 1 is 1.10 bits per heavy atom. The summed E-state index contributed by atoms with van der Waals surface area (Å²) in [7, 11) is 0. The van der Waals surface area contributed by atoms with E-state index in [1.54, 1.807) is 18.5 Å². The molecule has 2 aromatic carbocycles. The zero-order valence-corrected chi connectivity index (χ0v) is 25.4. The fourth-order valence-corrected chi connectivity index (χ4v) is 5.20. The number of aryl methyl sites for hydroxylation is 1. The van der Waals surface area contributed by atoms with Gasteiger partial charge in [-0.25, -0.2) is 9.97 Å². The van der Waals surface area contributed by atoms with Crippen molar-refractivity contribution in [3.8, 4) is 29.1 Å². The van der Waals surface area contributed by atoms with Crippen LogP contribution in [0.1, 0.15) is 70.9 Å². The second-order valence-electron chi connectivity index (χ2n) is 12.1. The summed E-state index contributed by atoms with van der Waals surface area (Å²) in [6, 6.07) is 16.2. The summed E-state index contributed by atoms with van der Waals surface area (Å²) in [6.07, 6.45) is 9.44. The number of anilines is 1. The van der Waals surface area contributed by atoms with Gasteiger partial charge >= 0.3 is 6.01 Å². The lowest BCUT2D eigenvalue weighted by molar-refractivity contribution is -0.119. The van der Waals surface area contributed by atoms with Crippen molar-refractivity contribution in [3.05, 3.63) is 66.0 Å². The van der Waals surface area contributed by atoms with E-state index in [0.717, 1.165) is 58.2 Å². The van der Waals surface area contributed by atoms with Crippen LogP contribution < -0.4 is 10.1 Å². The Morgan fingerprint density at radius 3 is 2.40 bits per heavy atom. The van der Waals surface area contributed by atoms with Crippen molar-refractivity contribution < 1.29 is 9.53 Å². The molecular formula is C35H41N5O2. The van der Waals surface area contributed by atoms with Crippen molar-refractivity contribution in [3.63, 3.8) is 0 Å². The maximum atomic E-state index is 12.4. The SMILES string of the molecule is CC(C)C1CC1.CCC(C)C(=O)Nc1ccc(-c2c(C#N)c3ccc(Oc4ncccn4)cc3n2CC2CC2)c(C)c1. The minimum atomic E-state index is -0.0473. The fourth-order valence-electron chi connectivity index (χ4n) is 5.20. The summed E-state index contributed by atoms with van der Waals surface area (Å²) in [5, 5.41) is 14.1. The molecule has 2 aliphatic rings. The lowest BCUT2D eigenvalue weighted by atomic mass is 10.0. The van der Waals surface area contributed by atoms with Crippen LogP contribution in [0.15, 0.2) is 54.9 Å². The summed E-state index contributed by atoms with van der Waals surface area (Å²) in [5.41, 5.74) is 5.26. The van der Waals surface area contributed by atoms with Gasteiger partial charge in [-0.1, -0.05) is 33.8 Å². The highest BCUT2D eigenvalue weighted by Crippen LogP contribution is 2.41. The van der Waals surface area contributed by atoms with Crippen LogP contribution in [0.3, 0.4) is 0 Å². The third-order valence-corrected chi connectivity index (χ3v) is 8.41. The van der Waals surface area contributed by atoms with E-state index in [1.807, 2.05) is 57.2 Å². The molecule has 2 aliphatic carbocycles. The van der Waals surface area contributed by atoms with Gasteiger partial charge in [-0.15, -0.1) is 0 Å². The molecule has 1 unspecified atom stereocenters. The highest BCUT2D eigenvalue weighted by Gasteiger charge is 2.27. The number of hydrogen-bond donors (Lipinski definition) is 1. The molecule has 7 nitrogen and oxygen atoms in total. The van der Waals surface area contributed by atoms with E-state index in [1.165, 1.54) is 25.7 Å². The summed E-state index contributed by atoms with van der Waals surface area (Å²) >= 11 is 0. The third kappa shape index (κ3) is 6.82. The van der Waals surface area contributed by atoms with Crippen LogP contribution >= 0.6 is 0 Å². The van der Waals surface area contributed by atoms with Crippen LogP contribution in [-0.4, -0.2) is 20.4 Å². The minimum Gasteiger partial charge on any atom is -0.424 e. The molecule has 4 aromatic rings. The molecule has 7 heteroatoms. The van der Waals surface area contributed by atoms with Gasteiger partial charge in [0.05, 0.1) is 16.8 Å². The second kappa shape index (κ2) is 12.8. The van der Waals surface area contributed by atoms with Crippen LogP contribution in [0.4, 0.5) is 5.69 Å². The second-order valence-corrected chi connectivity index (χ2v) is 12.1. The molecule has 2 saturated carbocycles. The fraction of sp³-hybridized carbons (Fsp3) is 0.429. The van der Waals surface area contributed by atoms with Gasteiger partial charge in [0.1, 0.15) is 11.8 Å². The number of amides is 1. The number of carbonyl (C=O) groups is 1. The topological polar surface area (TPSA) is 92.8 Å². The average molecular weight is 564 g/mol. The molecule has 1 atom stereocenters. The molecule has 0 spiro atoms. The first kappa shape index (κ1) is 29.3. The number of carbonyl (C=O) groups excluding carboxylic acids is 1. The van der Waals surface area contributed by atoms with Gasteiger partial charge in [-0.05, 0) is 92.7 Å². The molecule has 6 rings (SSSR count). The monoisotopic (exact) mass is 563 g/mol. The van der Waals surface area contributed by atoms with Crippen molar-refractivity contribution in [2.45, 2.75) is 73.3 Å². The van der Waals surface area contributed by atoms with Gasteiger partial charge in [0.25, 0.3) is 0 Å². The largest absolute Gasteiger partial charge is 0.424 e. The molecule has 1 amide bonds. The quantitative estimate of drug-likeness (QED) is 0.220. The number of benzene rings is 2. The molecular weight excluding hydrogens is 522 g/mol. The molecule has 0 bridgehead atoms. The van der Waals surface area contributed by atoms with Gasteiger partial charge in [0.15, 0.2) is 0 Å². The molecule has 0 saturated heterocycles. The van der Waals surface area contributed by atoms with Crippen molar-refractivity contribution in [1.82, 2.24) is 14.5 Å². The van der Waals surface area contributed by atoms with Crippen LogP contribution in [-0.2, 0) is 11.3 Å². The molecule has 2 fully saturated rings. The van der Waals surface area contributed by atoms with Gasteiger partial charge in [0, 0.05) is 47.6 Å². The van der Waals surface area contributed by atoms with E-state index < -0.39 is 0 Å². The first-order valence-corrected chi connectivity index (χ1v) is 15.2. The van der Waals surface area contributed by atoms with Crippen LogP contribution in [0.25, 0.3) is 22.2 Å². The van der Waals surface area contributed by atoms with Gasteiger partial charge in [-0.2, -0.15) is 5.26 Å². The smallest absolute Gasteiger partial charge is 0.321 e. The lowest BCUT2D eigenvalue weighted by Gasteiger charge is -2.15. The van der Waals surface area contributed by atoms with E-state index >= 15 is 0 Å². The molecule has 1 N–H and O–H groups in total. The van der Waals surface area contributed by atoms with E-state index in [0.29, 0.717) is 17.2 Å². The zero-order valence-electron chi connectivity index (χ0n) is 25.4. The van der Waals surface area contributed by atoms with Crippen molar-refractivity contribution in [2.24, 2.45) is 23.7 Å². The molecule has 218 valence electrons. The maximum Gasteiger partial charge on any atom is 0.321 e. The predicted octanol–water partition coefficient (Wildman–Crippen LogP) is 8.52. The normalized spacial score (nSPS) is 15.1. The number of ether oxygens (including phenoxy) is 1. The average Bonchev–Trinajstić information content (AvgIpc) is 3.91. The number of aromatic nitrogens is 3. The summed E-state index contributed by atoms with van der Waals surface area (Å²) in [5.74, 6) is 3.26. The van der Waals surface area contributed by atoms with Crippen molar-refractivity contribution in [2.75, 3.05) is 5.32 Å². The molecule has 2 aromatic heterocycles. The van der Waals surface area contributed by atoms with E-state index in [-0.39, 0.29) is 17.8 Å². The Morgan fingerprint density at radius 2 is 1.83 bits per heavy atom. The Balaban J connectivity index is 0.000000524. The molecule has 0 aliphatic heterocycles. The maximum absolute atomic E-state index is 12.4. The number of nitrogens with one attached hydrogen (secondary N) is 1. The van der Waals surface area contributed by atoms with Crippen LogP contribution in [0.5, 0.6) is 11.8 Å². The van der Waals surface area contributed by atoms with E-state index in [2.05, 4.69) is 39.8 Å². The van der Waals surface area contributed by atoms with E-state index in [4.69, 9.17) is 4.74 Å². The zero-order chi connectivity index (χ0) is 29.8. The van der Waals surface area contributed by atoms with Crippen LogP contribution in [0, 0.1) is 41.9 Å². The molecule has 2 heterocycles. The van der Waals surface area contributed by atoms with Gasteiger partial charge < -0.3 is 14.6 Å². The van der Waals surface area contributed by atoms with Gasteiger partial charge in [-0.3, -0.25) is 4.79 Å². The highest BCUT2D eigenvalue weighted by molar-refractivity contribution is 5.97. The standard InChI is InChI=1S/C29H29N5O2.C6H12/c1-4-18(2)28(35)33-21-8-10-23(19(3)14-21)27-25(16-30)24-11-9-22(36-29-31-12-5-13-32-29)15-26(24)34(27)17-20-6-7-20;1-5(2)6-3-4-6/h5,8-15,18,20H,4,6-7,17H2,1-3H3,(H,33,35);5-6H,3-4H2,1-2H3. The Bertz CT molecular complexity index is 1590. The van der Waals surface area contributed by atoms with Gasteiger partial charge in [0.2, 0.25) is 5.91 Å².